The Kier molecular flexibility index (Phi) is 4.29. The quantitative estimate of drug-likeness (QED) is 0.735. The summed E-state index contributed by atoms with van der Waals surface area (Å²) in [5.74, 6) is 0. The fourth-order valence-electron chi connectivity index (χ4n) is 1.34. The van der Waals surface area contributed by atoms with Gasteiger partial charge in [0.25, 0.3) is 0 Å². The summed E-state index contributed by atoms with van der Waals surface area (Å²) in [6.07, 6.45) is 1.58. The van der Waals surface area contributed by atoms with Crippen LogP contribution in [-0.4, -0.2) is 30.8 Å². The Labute approximate surface area is 83.4 Å². The summed E-state index contributed by atoms with van der Waals surface area (Å²) < 4.78 is 15.4. The van der Waals surface area contributed by atoms with E-state index in [4.69, 9.17) is 25.6 Å². The fraction of sp³-hybridized carbons (Fsp3) is 1.00. The van der Waals surface area contributed by atoms with Crippen LogP contribution in [0.4, 0.5) is 0 Å². The van der Waals surface area contributed by atoms with Gasteiger partial charge in [-0.3, -0.25) is 0 Å². The molecule has 0 saturated carbocycles. The molecule has 1 aliphatic rings. The minimum Gasteiger partial charge on any atom is -0.375 e. The van der Waals surface area contributed by atoms with Crippen molar-refractivity contribution in [2.45, 2.75) is 32.0 Å². The molecule has 0 radical (unpaired) electrons. The summed E-state index contributed by atoms with van der Waals surface area (Å²) in [7, 11) is 1.36. The zero-order valence-electron chi connectivity index (χ0n) is 7.80. The van der Waals surface area contributed by atoms with Gasteiger partial charge in [-0.2, -0.15) is 0 Å². The first kappa shape index (κ1) is 11.6. The largest absolute Gasteiger partial charge is 0.375 e. The Morgan fingerprint density at radius 2 is 2.38 bits per heavy atom. The average Bonchev–Trinajstić information content (AvgIpc) is 2.51. The van der Waals surface area contributed by atoms with Crippen LogP contribution in [0.5, 0.6) is 0 Å². The third-order valence-electron chi connectivity index (χ3n) is 2.05. The van der Waals surface area contributed by atoms with Gasteiger partial charge in [-0.25, -0.2) is 0 Å². The smallest absolute Gasteiger partial charge is 0.324 e. The molecule has 1 unspecified atom stereocenters. The maximum atomic E-state index is 9.42. The zero-order valence-corrected chi connectivity index (χ0v) is 9.51. The van der Waals surface area contributed by atoms with E-state index >= 15 is 0 Å². The van der Waals surface area contributed by atoms with Crippen LogP contribution in [0, 0.1) is 0 Å². The lowest BCUT2D eigenvalue weighted by molar-refractivity contribution is 0.0431. The number of hydrogen-bond donors (Lipinski definition) is 1. The molecule has 3 atom stereocenters. The second kappa shape index (κ2) is 4.82. The lowest BCUT2D eigenvalue weighted by Crippen LogP contribution is -2.22. The topological polar surface area (TPSA) is 47.9 Å². The second-order valence-corrected chi connectivity index (χ2v) is 5.80. The van der Waals surface area contributed by atoms with E-state index in [9.17, 15) is 4.89 Å². The molecule has 1 rings (SSSR count). The van der Waals surface area contributed by atoms with Crippen molar-refractivity contribution in [3.05, 3.63) is 0 Å². The van der Waals surface area contributed by atoms with Crippen molar-refractivity contribution in [2.75, 3.05) is 13.7 Å². The summed E-state index contributed by atoms with van der Waals surface area (Å²) in [6.45, 7) is -0.337. The molecule has 0 spiro atoms. The number of hydrogen-bond acceptors (Lipinski definition) is 4. The lowest BCUT2D eigenvalue weighted by atomic mass is 10.1. The Hall–Kier alpha value is 0.490. The first-order valence-electron chi connectivity index (χ1n) is 4.27. The van der Waals surface area contributed by atoms with Gasteiger partial charge in [-0.05, 0) is 18.2 Å². The van der Waals surface area contributed by atoms with Crippen molar-refractivity contribution >= 4 is 18.5 Å². The van der Waals surface area contributed by atoms with E-state index in [0.29, 0.717) is 6.61 Å². The molecule has 0 bridgehead atoms. The van der Waals surface area contributed by atoms with Crippen LogP contribution in [0.15, 0.2) is 0 Å². The SMILES string of the molecule is CC[C@H]1OCC[C@@H]1OP(O)(=S)OC. The molecule has 0 aliphatic carbocycles. The zero-order chi connectivity index (χ0) is 9.90. The van der Waals surface area contributed by atoms with E-state index in [1.54, 1.807) is 0 Å². The van der Waals surface area contributed by atoms with E-state index in [1.165, 1.54) is 7.11 Å². The summed E-state index contributed by atoms with van der Waals surface area (Å²) >= 11 is 4.75. The Morgan fingerprint density at radius 1 is 1.69 bits per heavy atom. The molecule has 4 nitrogen and oxygen atoms in total. The highest BCUT2D eigenvalue weighted by atomic mass is 32.5. The minimum absolute atomic E-state index is 0.0459. The molecule has 1 heterocycles. The molecular formula is C7H15O4PS. The van der Waals surface area contributed by atoms with E-state index < -0.39 is 6.72 Å². The van der Waals surface area contributed by atoms with E-state index in [-0.39, 0.29) is 12.2 Å². The fourth-order valence-corrected chi connectivity index (χ4v) is 2.35. The van der Waals surface area contributed by atoms with Crippen LogP contribution in [0.25, 0.3) is 0 Å². The molecule has 13 heavy (non-hydrogen) atoms. The van der Waals surface area contributed by atoms with Gasteiger partial charge >= 0.3 is 6.72 Å². The highest BCUT2D eigenvalue weighted by molar-refractivity contribution is 8.07. The van der Waals surface area contributed by atoms with Gasteiger partial charge in [-0.1, -0.05) is 6.92 Å². The van der Waals surface area contributed by atoms with Crippen LogP contribution in [0.3, 0.4) is 0 Å². The number of ether oxygens (including phenoxy) is 1. The molecule has 0 aromatic heterocycles. The van der Waals surface area contributed by atoms with Crippen LogP contribution in [0.2, 0.25) is 0 Å². The van der Waals surface area contributed by atoms with Gasteiger partial charge < -0.3 is 18.7 Å². The minimum atomic E-state index is -3.02. The predicted molar refractivity (Wildman–Crippen MR) is 53.0 cm³/mol. The van der Waals surface area contributed by atoms with Gasteiger partial charge in [0.15, 0.2) is 0 Å². The molecule has 1 aliphatic heterocycles. The normalized spacial score (nSPS) is 33.2. The van der Waals surface area contributed by atoms with Crippen LogP contribution in [-0.2, 0) is 25.6 Å². The van der Waals surface area contributed by atoms with E-state index in [2.05, 4.69) is 0 Å². The van der Waals surface area contributed by atoms with Gasteiger partial charge in [0.2, 0.25) is 0 Å². The van der Waals surface area contributed by atoms with Crippen LogP contribution >= 0.6 is 6.72 Å². The molecule has 78 valence electrons. The van der Waals surface area contributed by atoms with Crippen LogP contribution in [0.1, 0.15) is 19.8 Å². The molecule has 1 saturated heterocycles. The third kappa shape index (κ3) is 3.27. The average molecular weight is 226 g/mol. The van der Waals surface area contributed by atoms with Crippen molar-refractivity contribution in [3.8, 4) is 0 Å². The molecule has 1 fully saturated rings. The maximum absolute atomic E-state index is 9.42. The monoisotopic (exact) mass is 226 g/mol. The van der Waals surface area contributed by atoms with Gasteiger partial charge in [-0.15, -0.1) is 0 Å². The highest BCUT2D eigenvalue weighted by Gasteiger charge is 2.32. The van der Waals surface area contributed by atoms with Gasteiger partial charge in [0.05, 0.1) is 12.2 Å². The standard InChI is InChI=1S/C7H15O4PS/c1-3-6-7(4-5-10-6)11-12(8,13)9-2/h6-7H,3-5H2,1-2H3,(H,8,13)/t6-,7+,12?/m1/s1. The third-order valence-corrected chi connectivity index (χ3v) is 3.75. The van der Waals surface area contributed by atoms with Gasteiger partial charge in [0, 0.05) is 20.1 Å². The van der Waals surface area contributed by atoms with Crippen molar-refractivity contribution in [2.24, 2.45) is 0 Å². The molecular weight excluding hydrogens is 211 g/mol. The van der Waals surface area contributed by atoms with Crippen LogP contribution < -0.4 is 0 Å². The molecule has 6 heteroatoms. The predicted octanol–water partition coefficient (Wildman–Crippen LogP) is 1.43. The molecule has 0 aromatic rings. The number of rotatable bonds is 4. The van der Waals surface area contributed by atoms with Crippen molar-refractivity contribution < 1.29 is 18.7 Å². The Morgan fingerprint density at radius 3 is 2.92 bits per heavy atom. The summed E-state index contributed by atoms with van der Waals surface area (Å²) in [4.78, 5) is 9.42. The second-order valence-electron chi connectivity index (χ2n) is 2.90. The summed E-state index contributed by atoms with van der Waals surface area (Å²) in [6, 6.07) is 0. The molecule has 0 amide bonds. The van der Waals surface area contributed by atoms with Crippen molar-refractivity contribution in [1.29, 1.82) is 0 Å². The first-order valence-corrected chi connectivity index (χ1v) is 6.86. The lowest BCUT2D eigenvalue weighted by Gasteiger charge is -2.21. The Bertz CT molecular complexity index is 211. The first-order chi connectivity index (χ1) is 6.09. The summed E-state index contributed by atoms with van der Waals surface area (Å²) in [5, 5.41) is 0. The van der Waals surface area contributed by atoms with Gasteiger partial charge in [0.1, 0.15) is 0 Å². The Balaban J connectivity index is 2.48. The highest BCUT2D eigenvalue weighted by Crippen LogP contribution is 2.46. The van der Waals surface area contributed by atoms with E-state index in [0.717, 1.165) is 12.8 Å². The van der Waals surface area contributed by atoms with Crippen molar-refractivity contribution in [1.82, 2.24) is 0 Å². The summed E-state index contributed by atoms with van der Waals surface area (Å²) in [5.41, 5.74) is 0. The van der Waals surface area contributed by atoms with Crippen molar-refractivity contribution in [3.63, 3.8) is 0 Å². The maximum Gasteiger partial charge on any atom is 0.324 e. The molecule has 0 aromatic carbocycles. The molecule has 1 N–H and O–H groups in total. The van der Waals surface area contributed by atoms with E-state index in [1.807, 2.05) is 6.92 Å².